The molecule has 1 aromatic carbocycles. The Morgan fingerprint density at radius 1 is 1.26 bits per heavy atom. The smallest absolute Gasteiger partial charge is 0.155 e. The van der Waals surface area contributed by atoms with E-state index in [2.05, 4.69) is 20.4 Å². The summed E-state index contributed by atoms with van der Waals surface area (Å²) in [7, 11) is 2.04. The standard InChI is InChI=1S/C16H18F2N4O/c1-22-6-2-3-11(9-22)19-15-8-13(18)16(21-20-15)12-5-4-10(17)7-14(12)23/h4-5,7-8,11,23H,2-3,6,9H2,1H3,(H,19,20)/t11-/m1/s1. The number of likely N-dealkylation sites (tertiary alicyclic amines) is 1. The van der Waals surface area contributed by atoms with Gasteiger partial charge in [0.25, 0.3) is 0 Å². The van der Waals surface area contributed by atoms with Crippen LogP contribution in [0.25, 0.3) is 11.3 Å². The zero-order valence-corrected chi connectivity index (χ0v) is 12.8. The minimum absolute atomic E-state index is 0.103. The SMILES string of the molecule is CN1CCC[C@@H](Nc2cc(F)c(-c3ccc(F)cc3O)nn2)C1. The first kappa shape index (κ1) is 15.6. The molecule has 0 spiro atoms. The predicted octanol–water partition coefficient (Wildman–Crippen LogP) is 2.63. The third kappa shape index (κ3) is 3.56. The van der Waals surface area contributed by atoms with Crippen molar-refractivity contribution in [3.05, 3.63) is 35.9 Å². The molecule has 3 rings (SSSR count). The van der Waals surface area contributed by atoms with Crippen LogP contribution < -0.4 is 5.32 Å². The Hall–Kier alpha value is -2.28. The van der Waals surface area contributed by atoms with Crippen molar-refractivity contribution in [2.24, 2.45) is 0 Å². The molecule has 1 atom stereocenters. The Morgan fingerprint density at radius 2 is 2.09 bits per heavy atom. The number of anilines is 1. The summed E-state index contributed by atoms with van der Waals surface area (Å²) in [4.78, 5) is 2.20. The molecule has 0 radical (unpaired) electrons. The monoisotopic (exact) mass is 320 g/mol. The van der Waals surface area contributed by atoms with E-state index < -0.39 is 11.6 Å². The van der Waals surface area contributed by atoms with Gasteiger partial charge in [-0.2, -0.15) is 0 Å². The Balaban J connectivity index is 1.80. The molecule has 2 aromatic rings. The van der Waals surface area contributed by atoms with Gasteiger partial charge in [0.05, 0.1) is 0 Å². The molecule has 7 heteroatoms. The van der Waals surface area contributed by atoms with Crippen LogP contribution >= 0.6 is 0 Å². The van der Waals surface area contributed by atoms with Crippen molar-refractivity contribution in [3.8, 4) is 17.0 Å². The first-order chi connectivity index (χ1) is 11.0. The summed E-state index contributed by atoms with van der Waals surface area (Å²) in [5, 5.41) is 20.7. The second kappa shape index (κ2) is 6.45. The van der Waals surface area contributed by atoms with Crippen molar-refractivity contribution in [1.82, 2.24) is 15.1 Å². The van der Waals surface area contributed by atoms with E-state index in [0.29, 0.717) is 5.82 Å². The van der Waals surface area contributed by atoms with Crippen molar-refractivity contribution in [3.63, 3.8) is 0 Å². The molecular weight excluding hydrogens is 302 g/mol. The molecule has 23 heavy (non-hydrogen) atoms. The van der Waals surface area contributed by atoms with E-state index in [1.807, 2.05) is 7.05 Å². The van der Waals surface area contributed by atoms with E-state index in [9.17, 15) is 13.9 Å². The fourth-order valence-electron chi connectivity index (χ4n) is 2.82. The number of phenols is 1. The number of benzene rings is 1. The average Bonchev–Trinajstić information content (AvgIpc) is 2.48. The van der Waals surface area contributed by atoms with Gasteiger partial charge in [0.15, 0.2) is 11.6 Å². The highest BCUT2D eigenvalue weighted by atomic mass is 19.1. The van der Waals surface area contributed by atoms with Gasteiger partial charge in [0.1, 0.15) is 17.3 Å². The van der Waals surface area contributed by atoms with E-state index in [1.54, 1.807) is 0 Å². The lowest BCUT2D eigenvalue weighted by atomic mass is 10.1. The molecule has 122 valence electrons. The van der Waals surface area contributed by atoms with Crippen LogP contribution in [0.1, 0.15) is 12.8 Å². The normalized spacial score (nSPS) is 18.8. The molecule has 0 unspecified atom stereocenters. The molecule has 1 aromatic heterocycles. The summed E-state index contributed by atoms with van der Waals surface area (Å²) in [6.45, 7) is 1.92. The molecule has 2 heterocycles. The number of aromatic hydroxyl groups is 1. The number of piperidine rings is 1. The van der Waals surface area contributed by atoms with Gasteiger partial charge in [-0.25, -0.2) is 8.78 Å². The Labute approximate surface area is 133 Å². The van der Waals surface area contributed by atoms with Crippen molar-refractivity contribution < 1.29 is 13.9 Å². The Bertz CT molecular complexity index is 710. The van der Waals surface area contributed by atoms with Gasteiger partial charge >= 0.3 is 0 Å². The van der Waals surface area contributed by atoms with Crippen molar-refractivity contribution in [2.45, 2.75) is 18.9 Å². The second-order valence-electron chi connectivity index (χ2n) is 5.83. The number of nitrogens with zero attached hydrogens (tertiary/aromatic N) is 3. The number of rotatable bonds is 3. The third-order valence-corrected chi connectivity index (χ3v) is 3.94. The lowest BCUT2D eigenvalue weighted by Crippen LogP contribution is -2.39. The Morgan fingerprint density at radius 3 is 2.78 bits per heavy atom. The maximum atomic E-state index is 14.3. The molecule has 1 saturated heterocycles. The van der Waals surface area contributed by atoms with Crippen molar-refractivity contribution in [2.75, 3.05) is 25.5 Å². The van der Waals surface area contributed by atoms with Crippen LogP contribution in [0.3, 0.4) is 0 Å². The van der Waals surface area contributed by atoms with E-state index in [-0.39, 0.29) is 23.0 Å². The van der Waals surface area contributed by atoms with Gasteiger partial charge in [-0.15, -0.1) is 10.2 Å². The maximum Gasteiger partial charge on any atom is 0.155 e. The minimum atomic E-state index is -0.617. The first-order valence-corrected chi connectivity index (χ1v) is 7.50. The van der Waals surface area contributed by atoms with Crippen molar-refractivity contribution >= 4 is 5.82 Å². The largest absolute Gasteiger partial charge is 0.507 e. The molecular formula is C16H18F2N4O. The molecule has 1 fully saturated rings. The number of nitrogens with one attached hydrogen (secondary N) is 1. The summed E-state index contributed by atoms with van der Waals surface area (Å²) in [5.41, 5.74) is 0.00848. The van der Waals surface area contributed by atoms with E-state index in [0.717, 1.165) is 38.1 Å². The molecule has 0 aliphatic carbocycles. The van der Waals surface area contributed by atoms with Crippen LogP contribution in [0.4, 0.5) is 14.6 Å². The summed E-state index contributed by atoms with van der Waals surface area (Å²) < 4.78 is 27.3. The topological polar surface area (TPSA) is 61.3 Å². The molecule has 0 bridgehead atoms. The molecule has 1 aliphatic rings. The Kier molecular flexibility index (Phi) is 4.38. The van der Waals surface area contributed by atoms with Gasteiger partial charge in [-0.1, -0.05) is 0 Å². The number of hydrogen-bond acceptors (Lipinski definition) is 5. The fraction of sp³-hybridized carbons (Fsp3) is 0.375. The molecule has 0 amide bonds. The zero-order valence-electron chi connectivity index (χ0n) is 12.8. The quantitative estimate of drug-likeness (QED) is 0.910. The lowest BCUT2D eigenvalue weighted by molar-refractivity contribution is 0.260. The number of hydrogen-bond donors (Lipinski definition) is 2. The number of phenolic OH excluding ortho intramolecular Hbond substituents is 1. The highest BCUT2D eigenvalue weighted by Gasteiger charge is 2.19. The lowest BCUT2D eigenvalue weighted by Gasteiger charge is -2.30. The van der Waals surface area contributed by atoms with E-state index in [4.69, 9.17) is 0 Å². The third-order valence-electron chi connectivity index (χ3n) is 3.94. The highest BCUT2D eigenvalue weighted by molar-refractivity contribution is 5.67. The van der Waals surface area contributed by atoms with Gasteiger partial charge in [0, 0.05) is 30.3 Å². The molecule has 1 aliphatic heterocycles. The van der Waals surface area contributed by atoms with Crippen LogP contribution in [0.5, 0.6) is 5.75 Å². The van der Waals surface area contributed by atoms with Gasteiger partial charge in [0.2, 0.25) is 0 Å². The summed E-state index contributed by atoms with van der Waals surface area (Å²) in [5.74, 6) is -1.23. The number of aromatic nitrogens is 2. The van der Waals surface area contributed by atoms with E-state index in [1.165, 1.54) is 12.1 Å². The minimum Gasteiger partial charge on any atom is -0.507 e. The molecule has 0 saturated carbocycles. The second-order valence-corrected chi connectivity index (χ2v) is 5.83. The van der Waals surface area contributed by atoms with Crippen LogP contribution in [0, 0.1) is 11.6 Å². The highest BCUT2D eigenvalue weighted by Crippen LogP contribution is 2.30. The van der Waals surface area contributed by atoms with Gasteiger partial charge < -0.3 is 15.3 Å². The summed E-state index contributed by atoms with van der Waals surface area (Å²) in [6.07, 6.45) is 2.07. The van der Waals surface area contributed by atoms with Gasteiger partial charge in [-0.3, -0.25) is 0 Å². The van der Waals surface area contributed by atoms with Crippen LogP contribution in [-0.2, 0) is 0 Å². The predicted molar refractivity (Wildman–Crippen MR) is 83.2 cm³/mol. The van der Waals surface area contributed by atoms with Gasteiger partial charge in [-0.05, 0) is 38.6 Å². The van der Waals surface area contributed by atoms with Crippen molar-refractivity contribution in [1.29, 1.82) is 0 Å². The summed E-state index contributed by atoms with van der Waals surface area (Å²) in [6, 6.07) is 4.79. The number of likely N-dealkylation sites (N-methyl/N-ethyl adjacent to an activating group) is 1. The van der Waals surface area contributed by atoms with E-state index >= 15 is 0 Å². The zero-order chi connectivity index (χ0) is 16.4. The fourth-order valence-corrected chi connectivity index (χ4v) is 2.82. The molecule has 5 nitrogen and oxygen atoms in total. The maximum absolute atomic E-state index is 14.3. The van der Waals surface area contributed by atoms with Crippen LogP contribution in [0.15, 0.2) is 24.3 Å². The average molecular weight is 320 g/mol. The molecule has 2 N–H and O–H groups in total. The first-order valence-electron chi connectivity index (χ1n) is 7.50. The van der Waals surface area contributed by atoms with Crippen LogP contribution in [0.2, 0.25) is 0 Å². The summed E-state index contributed by atoms with van der Waals surface area (Å²) >= 11 is 0. The van der Waals surface area contributed by atoms with Crippen LogP contribution in [-0.4, -0.2) is 46.4 Å². The number of halogens is 2.